The van der Waals surface area contributed by atoms with E-state index in [1.165, 1.54) is 11.8 Å². The molecule has 0 aromatic carbocycles. The third kappa shape index (κ3) is 3.52. The van der Waals surface area contributed by atoms with Crippen molar-refractivity contribution in [3.63, 3.8) is 0 Å². The predicted molar refractivity (Wildman–Crippen MR) is 60.1 cm³/mol. The molecule has 1 heterocycles. The number of aliphatic carboxylic acids is 1. The van der Waals surface area contributed by atoms with Gasteiger partial charge in [-0.15, -0.1) is 0 Å². The lowest BCUT2D eigenvalue weighted by molar-refractivity contribution is -0.150. The molecule has 1 rings (SSSR count). The summed E-state index contributed by atoms with van der Waals surface area (Å²) in [6, 6.07) is -0.714. The van der Waals surface area contributed by atoms with Gasteiger partial charge in [-0.05, 0) is 19.3 Å². The van der Waals surface area contributed by atoms with E-state index in [2.05, 4.69) is 0 Å². The summed E-state index contributed by atoms with van der Waals surface area (Å²) < 4.78 is 0. The smallest absolute Gasteiger partial charge is 0.326 e. The van der Waals surface area contributed by atoms with Gasteiger partial charge in [-0.1, -0.05) is 11.8 Å². The maximum absolute atomic E-state index is 11.7. The van der Waals surface area contributed by atoms with Gasteiger partial charge in [0.1, 0.15) is 6.04 Å². The third-order valence-electron chi connectivity index (χ3n) is 2.51. The third-order valence-corrected chi connectivity index (χ3v) is 3.30. The number of hydrogen-bond donors (Lipinski definition) is 1. The molecule has 5 nitrogen and oxygen atoms in total. The zero-order valence-corrected chi connectivity index (χ0v) is 9.96. The van der Waals surface area contributed by atoms with Crippen LogP contribution >= 0.6 is 11.8 Å². The first kappa shape index (κ1) is 13.0. The van der Waals surface area contributed by atoms with Crippen LogP contribution in [0.5, 0.6) is 0 Å². The first-order valence-corrected chi connectivity index (χ1v) is 6.16. The quantitative estimate of drug-likeness (QED) is 0.793. The molecule has 0 radical (unpaired) electrons. The van der Waals surface area contributed by atoms with Gasteiger partial charge >= 0.3 is 5.97 Å². The minimum Gasteiger partial charge on any atom is -0.480 e. The van der Waals surface area contributed by atoms with Crippen molar-refractivity contribution in [3.8, 4) is 0 Å². The molecule has 0 aromatic heterocycles. The van der Waals surface area contributed by atoms with Crippen molar-refractivity contribution in [2.24, 2.45) is 0 Å². The van der Waals surface area contributed by atoms with Crippen LogP contribution in [-0.2, 0) is 14.4 Å². The summed E-state index contributed by atoms with van der Waals surface area (Å²) in [7, 11) is 0. The average molecular weight is 245 g/mol. The molecule has 1 saturated heterocycles. The van der Waals surface area contributed by atoms with Gasteiger partial charge in [0, 0.05) is 13.5 Å². The van der Waals surface area contributed by atoms with Crippen LogP contribution in [0.4, 0.5) is 0 Å². The lowest BCUT2D eigenvalue weighted by atomic mass is 10.0. The minimum absolute atomic E-state index is 0.0408. The average Bonchev–Trinajstić information content (AvgIpc) is 2.25. The van der Waals surface area contributed by atoms with Crippen LogP contribution in [0.3, 0.4) is 0 Å². The summed E-state index contributed by atoms with van der Waals surface area (Å²) in [4.78, 5) is 34.7. The Labute approximate surface area is 98.2 Å². The van der Waals surface area contributed by atoms with Crippen LogP contribution in [0, 0.1) is 0 Å². The maximum atomic E-state index is 11.7. The Morgan fingerprint density at radius 3 is 2.62 bits per heavy atom. The molecule has 6 heteroatoms. The standard InChI is InChI=1S/C10H15NO4S/c1-7(12)16-6-9(13)11-5-3-2-4-8(11)10(14)15/h8H,2-6H2,1H3,(H,14,15). The number of thioether (sulfide) groups is 1. The molecule has 0 bridgehead atoms. The van der Waals surface area contributed by atoms with Gasteiger partial charge in [-0.25, -0.2) is 4.79 Å². The molecule has 0 spiro atoms. The molecule has 90 valence electrons. The van der Waals surface area contributed by atoms with Gasteiger partial charge in [0.15, 0.2) is 5.12 Å². The number of carboxylic acid groups (broad SMARTS) is 1. The Bertz CT molecular complexity index is 305. The molecule has 1 aliphatic rings. The Hall–Kier alpha value is -1.04. The molecule has 1 atom stereocenters. The van der Waals surface area contributed by atoms with E-state index >= 15 is 0 Å². The van der Waals surface area contributed by atoms with Gasteiger partial charge in [0.25, 0.3) is 0 Å². The fourth-order valence-electron chi connectivity index (χ4n) is 1.73. The highest BCUT2D eigenvalue weighted by molar-refractivity contribution is 8.14. The molecule has 1 unspecified atom stereocenters. The van der Waals surface area contributed by atoms with Crippen molar-refractivity contribution < 1.29 is 19.5 Å². The summed E-state index contributed by atoms with van der Waals surface area (Å²) in [6.45, 7) is 1.87. The molecule has 1 fully saturated rings. The number of carboxylic acids is 1. The van der Waals surface area contributed by atoms with Crippen molar-refractivity contribution in [2.75, 3.05) is 12.3 Å². The molecule has 1 aliphatic heterocycles. The molecule has 0 aliphatic carbocycles. The highest BCUT2D eigenvalue weighted by Gasteiger charge is 2.31. The molecule has 0 aromatic rings. The van der Waals surface area contributed by atoms with Crippen molar-refractivity contribution in [3.05, 3.63) is 0 Å². The second-order valence-corrected chi connectivity index (χ2v) is 4.87. The Morgan fingerprint density at radius 2 is 2.06 bits per heavy atom. The number of carbonyl (C=O) groups is 3. The van der Waals surface area contributed by atoms with E-state index in [4.69, 9.17) is 5.11 Å². The fourth-order valence-corrected chi connectivity index (χ4v) is 2.23. The number of nitrogens with zero attached hydrogens (tertiary/aromatic N) is 1. The van der Waals surface area contributed by atoms with Gasteiger partial charge in [-0.3, -0.25) is 9.59 Å². The Morgan fingerprint density at radius 1 is 1.38 bits per heavy atom. The summed E-state index contributed by atoms with van der Waals surface area (Å²) in [5.74, 6) is -1.17. The van der Waals surface area contributed by atoms with Gasteiger partial charge in [-0.2, -0.15) is 0 Å². The lowest BCUT2D eigenvalue weighted by Crippen LogP contribution is -2.48. The zero-order chi connectivity index (χ0) is 12.1. The number of rotatable bonds is 3. The largest absolute Gasteiger partial charge is 0.480 e. The normalized spacial score (nSPS) is 20.6. The van der Waals surface area contributed by atoms with Crippen LogP contribution in [0.2, 0.25) is 0 Å². The van der Waals surface area contributed by atoms with E-state index in [-0.39, 0.29) is 16.8 Å². The van der Waals surface area contributed by atoms with Crippen LogP contribution in [0.1, 0.15) is 26.2 Å². The van der Waals surface area contributed by atoms with Crippen LogP contribution in [0.15, 0.2) is 0 Å². The van der Waals surface area contributed by atoms with E-state index in [9.17, 15) is 14.4 Å². The number of amides is 1. The second kappa shape index (κ2) is 5.89. The van der Waals surface area contributed by atoms with Crippen molar-refractivity contribution in [1.29, 1.82) is 0 Å². The van der Waals surface area contributed by atoms with E-state index in [1.54, 1.807) is 0 Å². The number of likely N-dealkylation sites (tertiary alicyclic amines) is 1. The topological polar surface area (TPSA) is 74.7 Å². The summed E-state index contributed by atoms with van der Waals surface area (Å²) in [6.07, 6.45) is 2.17. The van der Waals surface area contributed by atoms with Crippen LogP contribution in [-0.4, -0.2) is 45.3 Å². The summed E-state index contributed by atoms with van der Waals surface area (Å²) in [5.41, 5.74) is 0. The SMILES string of the molecule is CC(=O)SCC(=O)N1CCCCC1C(=O)O. The van der Waals surface area contributed by atoms with Crippen LogP contribution < -0.4 is 0 Å². The zero-order valence-electron chi connectivity index (χ0n) is 9.14. The molecular weight excluding hydrogens is 230 g/mol. The van der Waals surface area contributed by atoms with Gasteiger partial charge in [0.2, 0.25) is 5.91 Å². The number of piperidine rings is 1. The Balaban J connectivity index is 2.57. The van der Waals surface area contributed by atoms with E-state index in [1.807, 2.05) is 0 Å². The minimum atomic E-state index is -0.958. The molecule has 1 amide bonds. The number of carbonyl (C=O) groups excluding carboxylic acids is 2. The van der Waals surface area contributed by atoms with Gasteiger partial charge in [0.05, 0.1) is 5.75 Å². The van der Waals surface area contributed by atoms with Crippen molar-refractivity contribution in [2.45, 2.75) is 32.2 Å². The molecule has 16 heavy (non-hydrogen) atoms. The predicted octanol–water partition coefficient (Wildman–Crippen LogP) is 0.732. The fraction of sp³-hybridized carbons (Fsp3) is 0.700. The summed E-state index contributed by atoms with van der Waals surface area (Å²) >= 11 is 0.924. The Kier molecular flexibility index (Phi) is 4.79. The molecule has 0 saturated carbocycles. The highest BCUT2D eigenvalue weighted by Crippen LogP contribution is 2.18. The number of hydrogen-bond acceptors (Lipinski definition) is 4. The van der Waals surface area contributed by atoms with E-state index in [0.717, 1.165) is 24.6 Å². The highest BCUT2D eigenvalue weighted by atomic mass is 32.2. The van der Waals surface area contributed by atoms with Crippen LogP contribution in [0.25, 0.3) is 0 Å². The molecular formula is C10H15NO4S. The van der Waals surface area contributed by atoms with Gasteiger partial charge < -0.3 is 10.0 Å². The maximum Gasteiger partial charge on any atom is 0.326 e. The first-order chi connectivity index (χ1) is 7.52. The van der Waals surface area contributed by atoms with Crippen molar-refractivity contribution in [1.82, 2.24) is 4.90 Å². The second-order valence-electron chi connectivity index (χ2n) is 3.72. The summed E-state index contributed by atoms with van der Waals surface area (Å²) in [5, 5.41) is 8.84. The lowest BCUT2D eigenvalue weighted by Gasteiger charge is -2.32. The van der Waals surface area contributed by atoms with E-state index in [0.29, 0.717) is 13.0 Å². The monoisotopic (exact) mass is 245 g/mol. The van der Waals surface area contributed by atoms with Crippen molar-refractivity contribution >= 4 is 28.8 Å². The van der Waals surface area contributed by atoms with E-state index < -0.39 is 12.0 Å². The first-order valence-electron chi connectivity index (χ1n) is 5.18. The molecule has 1 N–H and O–H groups in total.